The van der Waals surface area contributed by atoms with Gasteiger partial charge in [0.15, 0.2) is 0 Å². The number of benzene rings is 1. The number of amides is 1. The first-order chi connectivity index (χ1) is 9.65. The Labute approximate surface area is 120 Å². The number of hydrogen-bond donors (Lipinski definition) is 2. The number of nitrogens with one attached hydrogen (secondary N) is 1. The van der Waals surface area contributed by atoms with Crippen LogP contribution in [0.15, 0.2) is 36.5 Å². The summed E-state index contributed by atoms with van der Waals surface area (Å²) in [7, 11) is 0. The zero-order chi connectivity index (χ0) is 14.1. The van der Waals surface area contributed by atoms with Crippen LogP contribution in [0.3, 0.4) is 0 Å². The number of carbonyl (C=O) groups is 1. The van der Waals surface area contributed by atoms with Crippen molar-refractivity contribution in [1.29, 1.82) is 0 Å². The summed E-state index contributed by atoms with van der Waals surface area (Å²) in [5.74, 6) is 0.283. The molecule has 1 aromatic heterocycles. The molecule has 2 heterocycles. The molecule has 0 radical (unpaired) electrons. The maximum absolute atomic E-state index is 11.8. The maximum Gasteiger partial charge on any atom is 0.244 e. The molecule has 1 aliphatic heterocycles. The summed E-state index contributed by atoms with van der Waals surface area (Å²) in [5.41, 5.74) is 7.63. The molecule has 2 aromatic rings. The van der Waals surface area contributed by atoms with E-state index in [-0.39, 0.29) is 17.4 Å². The number of aromatic nitrogens is 2. The molecule has 1 aliphatic rings. The van der Waals surface area contributed by atoms with E-state index in [2.05, 4.69) is 15.3 Å². The van der Waals surface area contributed by atoms with Crippen LogP contribution in [-0.4, -0.2) is 27.4 Å². The van der Waals surface area contributed by atoms with Crippen molar-refractivity contribution in [3.05, 3.63) is 42.2 Å². The van der Waals surface area contributed by atoms with Crippen LogP contribution in [0.4, 0.5) is 17.3 Å². The lowest BCUT2D eigenvalue weighted by molar-refractivity contribution is -0.115. The predicted octanol–water partition coefficient (Wildman–Crippen LogP) is 1.20. The molecule has 0 saturated heterocycles. The largest absolute Gasteiger partial charge is 0.388 e. The van der Waals surface area contributed by atoms with Crippen LogP contribution in [0, 0.1) is 0 Å². The number of nitrogens with two attached hydrogens (primary N) is 1. The molecule has 20 heavy (non-hydrogen) atoms. The molecule has 1 aromatic carbocycles. The van der Waals surface area contributed by atoms with Gasteiger partial charge in [-0.05, 0) is 18.2 Å². The number of hydrogen-bond acceptors (Lipinski definition) is 5. The van der Waals surface area contributed by atoms with Gasteiger partial charge in [-0.3, -0.25) is 9.69 Å². The Kier molecular flexibility index (Phi) is 3.03. The van der Waals surface area contributed by atoms with Crippen LogP contribution in [0.25, 0.3) is 0 Å². The van der Waals surface area contributed by atoms with E-state index >= 15 is 0 Å². The highest BCUT2D eigenvalue weighted by Crippen LogP contribution is 2.32. The number of nitrogens with zero attached hydrogens (tertiary/aromatic N) is 3. The van der Waals surface area contributed by atoms with Crippen molar-refractivity contribution in [3.8, 4) is 0 Å². The van der Waals surface area contributed by atoms with Crippen molar-refractivity contribution >= 4 is 40.4 Å². The highest BCUT2D eigenvalue weighted by Gasteiger charge is 2.24. The minimum Gasteiger partial charge on any atom is -0.388 e. The third kappa shape index (κ3) is 2.19. The summed E-state index contributed by atoms with van der Waals surface area (Å²) in [4.78, 5) is 22.2. The Morgan fingerprint density at radius 2 is 2.15 bits per heavy atom. The van der Waals surface area contributed by atoms with E-state index < -0.39 is 0 Å². The van der Waals surface area contributed by atoms with Gasteiger partial charge in [0.2, 0.25) is 11.9 Å². The van der Waals surface area contributed by atoms with Crippen molar-refractivity contribution < 1.29 is 4.79 Å². The Balaban J connectivity index is 2.08. The first-order valence-electron chi connectivity index (χ1n) is 5.94. The predicted molar refractivity (Wildman–Crippen MR) is 80.0 cm³/mol. The molecule has 0 spiro atoms. The quantitative estimate of drug-likeness (QED) is 0.807. The van der Waals surface area contributed by atoms with E-state index in [4.69, 9.17) is 18.0 Å². The molecule has 0 bridgehead atoms. The normalized spacial score (nSPS) is 13.6. The van der Waals surface area contributed by atoms with Gasteiger partial charge < -0.3 is 11.1 Å². The molecule has 100 valence electrons. The van der Waals surface area contributed by atoms with Gasteiger partial charge in [-0.15, -0.1) is 0 Å². The average molecular weight is 285 g/mol. The molecule has 7 heteroatoms. The van der Waals surface area contributed by atoms with E-state index in [1.807, 2.05) is 24.3 Å². The van der Waals surface area contributed by atoms with Crippen LogP contribution < -0.4 is 16.0 Å². The molecule has 6 nitrogen and oxygen atoms in total. The van der Waals surface area contributed by atoms with Crippen LogP contribution in [0.1, 0.15) is 5.69 Å². The van der Waals surface area contributed by atoms with Gasteiger partial charge in [-0.1, -0.05) is 24.4 Å². The van der Waals surface area contributed by atoms with Crippen LogP contribution in [0.5, 0.6) is 0 Å². The van der Waals surface area contributed by atoms with Crippen molar-refractivity contribution in [1.82, 2.24) is 9.97 Å². The Bertz CT molecular complexity index is 703. The van der Waals surface area contributed by atoms with Crippen molar-refractivity contribution in [2.24, 2.45) is 5.73 Å². The Hall–Kier alpha value is -2.54. The number of para-hydroxylation sites is 2. The molecule has 0 aliphatic carbocycles. The molecule has 0 atom stereocenters. The summed E-state index contributed by atoms with van der Waals surface area (Å²) in [6.07, 6.45) is 1.58. The number of thiocarbonyl (C=S) groups is 1. The number of anilines is 3. The third-order valence-electron chi connectivity index (χ3n) is 2.91. The van der Waals surface area contributed by atoms with E-state index in [9.17, 15) is 4.79 Å². The topological polar surface area (TPSA) is 84.1 Å². The maximum atomic E-state index is 11.8. The fraction of sp³-hybridized carbons (Fsp3) is 0.0769. The first kappa shape index (κ1) is 12.5. The van der Waals surface area contributed by atoms with Gasteiger partial charge in [0.25, 0.3) is 0 Å². The SMILES string of the molecule is NC(=S)c1ccnc(N2CC(=O)Nc3ccccc32)n1. The molecule has 0 fully saturated rings. The zero-order valence-corrected chi connectivity index (χ0v) is 11.2. The van der Waals surface area contributed by atoms with E-state index in [0.717, 1.165) is 11.4 Å². The Morgan fingerprint density at radius 1 is 1.35 bits per heavy atom. The van der Waals surface area contributed by atoms with Gasteiger partial charge in [-0.25, -0.2) is 9.97 Å². The number of carbonyl (C=O) groups excluding carboxylic acids is 1. The minimum absolute atomic E-state index is 0.118. The Morgan fingerprint density at radius 3 is 2.95 bits per heavy atom. The molecular formula is C13H11N5OS. The van der Waals surface area contributed by atoms with Crippen molar-refractivity contribution in [3.63, 3.8) is 0 Å². The first-order valence-corrected chi connectivity index (χ1v) is 6.35. The molecular weight excluding hydrogens is 274 g/mol. The van der Waals surface area contributed by atoms with Gasteiger partial charge in [0.1, 0.15) is 17.2 Å². The van der Waals surface area contributed by atoms with E-state index in [1.165, 1.54) is 0 Å². The summed E-state index contributed by atoms with van der Waals surface area (Å²) in [5, 5.41) is 2.81. The highest BCUT2D eigenvalue weighted by atomic mass is 32.1. The average Bonchev–Trinajstić information content (AvgIpc) is 2.46. The standard InChI is InChI=1S/C13H11N5OS/c14-12(20)9-5-6-15-13(17-9)18-7-11(19)16-8-3-1-2-4-10(8)18/h1-6H,7H2,(H2,14,20)(H,16,19). The lowest BCUT2D eigenvalue weighted by Gasteiger charge is -2.29. The van der Waals surface area contributed by atoms with Gasteiger partial charge in [0, 0.05) is 6.20 Å². The fourth-order valence-electron chi connectivity index (χ4n) is 2.03. The molecule has 0 unspecified atom stereocenters. The van der Waals surface area contributed by atoms with Crippen molar-refractivity contribution in [2.45, 2.75) is 0 Å². The minimum atomic E-state index is -0.118. The second-order valence-corrected chi connectivity index (χ2v) is 4.70. The summed E-state index contributed by atoms with van der Waals surface area (Å²) < 4.78 is 0. The second-order valence-electron chi connectivity index (χ2n) is 4.26. The monoisotopic (exact) mass is 285 g/mol. The second kappa shape index (κ2) is 4.86. The smallest absolute Gasteiger partial charge is 0.244 e. The zero-order valence-electron chi connectivity index (χ0n) is 10.4. The molecule has 0 saturated carbocycles. The molecule has 3 N–H and O–H groups in total. The molecule has 3 rings (SSSR count). The summed E-state index contributed by atoms with van der Waals surface area (Å²) in [6.45, 7) is 0.151. The molecule has 1 amide bonds. The third-order valence-corrected chi connectivity index (χ3v) is 3.12. The van der Waals surface area contributed by atoms with Gasteiger partial charge in [0.05, 0.1) is 11.4 Å². The van der Waals surface area contributed by atoms with Gasteiger partial charge in [-0.2, -0.15) is 0 Å². The van der Waals surface area contributed by atoms with Crippen molar-refractivity contribution in [2.75, 3.05) is 16.8 Å². The summed E-state index contributed by atoms with van der Waals surface area (Å²) in [6, 6.07) is 9.11. The van der Waals surface area contributed by atoms with Crippen LogP contribution >= 0.6 is 12.2 Å². The highest BCUT2D eigenvalue weighted by molar-refractivity contribution is 7.80. The number of fused-ring (bicyclic) bond motifs is 1. The lowest BCUT2D eigenvalue weighted by Crippen LogP contribution is -2.36. The van der Waals surface area contributed by atoms with Crippen LogP contribution in [-0.2, 0) is 4.79 Å². The summed E-state index contributed by atoms with van der Waals surface area (Å²) >= 11 is 4.91. The van der Waals surface area contributed by atoms with Crippen LogP contribution in [0.2, 0.25) is 0 Å². The number of rotatable bonds is 2. The lowest BCUT2D eigenvalue weighted by atomic mass is 10.2. The fourth-order valence-corrected chi connectivity index (χ4v) is 2.14. The van der Waals surface area contributed by atoms with E-state index in [0.29, 0.717) is 11.6 Å². The van der Waals surface area contributed by atoms with E-state index in [1.54, 1.807) is 17.2 Å². The van der Waals surface area contributed by atoms with Gasteiger partial charge >= 0.3 is 0 Å².